The van der Waals surface area contributed by atoms with E-state index < -0.39 is 9.84 Å². The predicted octanol–water partition coefficient (Wildman–Crippen LogP) is 4.71. The van der Waals surface area contributed by atoms with Crippen molar-refractivity contribution in [1.29, 1.82) is 0 Å². The van der Waals surface area contributed by atoms with Crippen LogP contribution in [0.1, 0.15) is 54.4 Å². The van der Waals surface area contributed by atoms with Crippen molar-refractivity contribution in [3.05, 3.63) is 24.3 Å². The third-order valence-electron chi connectivity index (χ3n) is 3.19. The molecule has 0 aliphatic heterocycles. The summed E-state index contributed by atoms with van der Waals surface area (Å²) in [6.45, 7) is 13.3. The minimum Gasteiger partial charge on any atom is -0.493 e. The van der Waals surface area contributed by atoms with E-state index in [0.29, 0.717) is 23.7 Å². The largest absolute Gasteiger partial charge is 0.493 e. The quantitative estimate of drug-likeness (QED) is 0.760. The van der Waals surface area contributed by atoms with Crippen molar-refractivity contribution in [1.82, 2.24) is 0 Å². The molecule has 0 N–H and O–H groups in total. The van der Waals surface area contributed by atoms with E-state index in [-0.39, 0.29) is 16.6 Å². The first-order valence-corrected chi connectivity index (χ1v) is 9.50. The normalized spacial score (nSPS) is 13.2. The molecular formula is C18H30O3S. The van der Waals surface area contributed by atoms with Gasteiger partial charge in [0.15, 0.2) is 9.84 Å². The molecule has 0 unspecified atom stereocenters. The van der Waals surface area contributed by atoms with Gasteiger partial charge >= 0.3 is 0 Å². The summed E-state index contributed by atoms with van der Waals surface area (Å²) in [6.07, 6.45) is 1.59. The van der Waals surface area contributed by atoms with Crippen LogP contribution >= 0.6 is 0 Å². The van der Waals surface area contributed by atoms with Crippen molar-refractivity contribution < 1.29 is 13.2 Å². The number of ether oxygens (including phenoxy) is 1. The molecule has 126 valence electrons. The Morgan fingerprint density at radius 1 is 0.909 bits per heavy atom. The van der Waals surface area contributed by atoms with Gasteiger partial charge in [0.05, 0.1) is 17.3 Å². The molecule has 0 aromatic heterocycles. The molecule has 0 saturated heterocycles. The molecule has 0 spiro atoms. The van der Waals surface area contributed by atoms with E-state index in [4.69, 9.17) is 4.74 Å². The van der Waals surface area contributed by atoms with Crippen molar-refractivity contribution in [2.24, 2.45) is 10.8 Å². The highest BCUT2D eigenvalue weighted by molar-refractivity contribution is 7.91. The van der Waals surface area contributed by atoms with E-state index in [0.717, 1.165) is 6.42 Å². The SMILES string of the molecule is CC(C)(C)CCCS(=O)(=O)c1ccc(OCC(C)(C)C)cc1. The Labute approximate surface area is 136 Å². The average molecular weight is 327 g/mol. The Morgan fingerprint density at radius 2 is 1.45 bits per heavy atom. The van der Waals surface area contributed by atoms with Crippen molar-refractivity contribution in [2.75, 3.05) is 12.4 Å². The van der Waals surface area contributed by atoms with Gasteiger partial charge in [-0.05, 0) is 47.9 Å². The van der Waals surface area contributed by atoms with E-state index in [9.17, 15) is 8.42 Å². The summed E-state index contributed by atoms with van der Waals surface area (Å²) < 4.78 is 30.3. The van der Waals surface area contributed by atoms with Crippen LogP contribution in [0.3, 0.4) is 0 Å². The van der Waals surface area contributed by atoms with Gasteiger partial charge in [-0.3, -0.25) is 0 Å². The van der Waals surface area contributed by atoms with Crippen molar-refractivity contribution in [2.45, 2.75) is 59.3 Å². The third-order valence-corrected chi connectivity index (χ3v) is 5.01. The first-order chi connectivity index (χ1) is 9.89. The molecule has 22 heavy (non-hydrogen) atoms. The Kier molecular flexibility index (Phi) is 6.08. The summed E-state index contributed by atoms with van der Waals surface area (Å²) in [5, 5.41) is 0. The topological polar surface area (TPSA) is 43.4 Å². The van der Waals surface area contributed by atoms with E-state index in [1.807, 2.05) is 0 Å². The van der Waals surface area contributed by atoms with Crippen LogP contribution in [0.5, 0.6) is 5.75 Å². The molecule has 0 bridgehead atoms. The van der Waals surface area contributed by atoms with E-state index in [1.165, 1.54) is 0 Å². The third kappa shape index (κ3) is 7.30. The summed E-state index contributed by atoms with van der Waals surface area (Å²) in [5.41, 5.74) is 0.248. The van der Waals surface area contributed by atoms with Crippen molar-refractivity contribution in [3.8, 4) is 5.75 Å². The molecule has 0 heterocycles. The average Bonchev–Trinajstić information content (AvgIpc) is 2.34. The minimum absolute atomic E-state index is 0.0811. The standard InChI is InChI=1S/C18H30O3S/c1-17(2,3)12-7-13-22(19,20)16-10-8-15(9-11-16)21-14-18(4,5)6/h8-11H,7,12-14H2,1-6H3. The molecule has 1 aromatic carbocycles. The molecule has 0 aliphatic rings. The maximum atomic E-state index is 12.3. The fraction of sp³-hybridized carbons (Fsp3) is 0.667. The zero-order valence-electron chi connectivity index (χ0n) is 14.8. The van der Waals surface area contributed by atoms with E-state index in [2.05, 4.69) is 41.5 Å². The molecule has 1 aromatic rings. The number of hydrogen-bond donors (Lipinski definition) is 0. The van der Waals surface area contributed by atoms with Gasteiger partial charge in [0, 0.05) is 0 Å². The monoisotopic (exact) mass is 326 g/mol. The predicted molar refractivity (Wildman–Crippen MR) is 92.1 cm³/mol. The lowest BCUT2D eigenvalue weighted by Gasteiger charge is -2.19. The second-order valence-electron chi connectivity index (χ2n) is 8.30. The summed E-state index contributed by atoms with van der Waals surface area (Å²) in [6, 6.07) is 6.76. The Balaban J connectivity index is 2.65. The summed E-state index contributed by atoms with van der Waals surface area (Å²) in [5.74, 6) is 0.912. The molecule has 0 radical (unpaired) electrons. The van der Waals surface area contributed by atoms with Crippen LogP contribution in [-0.4, -0.2) is 20.8 Å². The first-order valence-electron chi connectivity index (χ1n) is 7.85. The van der Waals surface area contributed by atoms with Crippen LogP contribution in [-0.2, 0) is 9.84 Å². The van der Waals surface area contributed by atoms with Crippen LogP contribution in [0.25, 0.3) is 0 Å². The highest BCUT2D eigenvalue weighted by Gasteiger charge is 2.17. The van der Waals surface area contributed by atoms with Crippen LogP contribution < -0.4 is 4.74 Å². The van der Waals surface area contributed by atoms with E-state index in [1.54, 1.807) is 24.3 Å². The van der Waals surface area contributed by atoms with Crippen LogP contribution in [0.15, 0.2) is 29.2 Å². The van der Waals surface area contributed by atoms with Crippen LogP contribution in [0.2, 0.25) is 0 Å². The Hall–Kier alpha value is -1.03. The van der Waals surface area contributed by atoms with E-state index >= 15 is 0 Å². The van der Waals surface area contributed by atoms with Gasteiger partial charge in [-0.25, -0.2) is 8.42 Å². The number of benzene rings is 1. The smallest absolute Gasteiger partial charge is 0.178 e. The molecule has 0 amide bonds. The number of hydrogen-bond acceptors (Lipinski definition) is 3. The van der Waals surface area contributed by atoms with Gasteiger partial charge < -0.3 is 4.74 Å². The molecule has 0 saturated carbocycles. The molecule has 0 fully saturated rings. The molecule has 3 nitrogen and oxygen atoms in total. The number of rotatable bonds is 6. The molecular weight excluding hydrogens is 296 g/mol. The zero-order chi connectivity index (χ0) is 17.0. The zero-order valence-corrected chi connectivity index (χ0v) is 15.6. The maximum Gasteiger partial charge on any atom is 0.178 e. The first kappa shape index (κ1) is 19.0. The lowest BCUT2D eigenvalue weighted by molar-refractivity contribution is 0.198. The lowest BCUT2D eigenvalue weighted by atomic mass is 9.91. The fourth-order valence-corrected chi connectivity index (χ4v) is 3.26. The summed E-state index contributed by atoms with van der Waals surface area (Å²) >= 11 is 0. The number of sulfone groups is 1. The highest BCUT2D eigenvalue weighted by Crippen LogP contribution is 2.24. The van der Waals surface area contributed by atoms with Gasteiger partial charge in [-0.1, -0.05) is 41.5 Å². The van der Waals surface area contributed by atoms with Crippen molar-refractivity contribution >= 4 is 9.84 Å². The van der Waals surface area contributed by atoms with Crippen LogP contribution in [0.4, 0.5) is 0 Å². The Morgan fingerprint density at radius 3 is 1.91 bits per heavy atom. The molecule has 0 aliphatic carbocycles. The second-order valence-corrected chi connectivity index (χ2v) is 10.4. The summed E-state index contributed by atoms with van der Waals surface area (Å²) in [7, 11) is -3.20. The Bertz CT molecular complexity index is 558. The van der Waals surface area contributed by atoms with Crippen LogP contribution in [0, 0.1) is 10.8 Å². The molecule has 4 heteroatoms. The lowest BCUT2D eigenvalue weighted by Crippen LogP contribution is -2.17. The van der Waals surface area contributed by atoms with Gasteiger partial charge in [-0.15, -0.1) is 0 Å². The molecule has 0 atom stereocenters. The maximum absolute atomic E-state index is 12.3. The summed E-state index contributed by atoms with van der Waals surface area (Å²) in [4.78, 5) is 0.379. The molecule has 1 rings (SSSR count). The van der Waals surface area contributed by atoms with Gasteiger partial charge in [-0.2, -0.15) is 0 Å². The van der Waals surface area contributed by atoms with Gasteiger partial charge in [0.2, 0.25) is 0 Å². The van der Waals surface area contributed by atoms with Gasteiger partial charge in [0.1, 0.15) is 5.75 Å². The van der Waals surface area contributed by atoms with Crippen molar-refractivity contribution in [3.63, 3.8) is 0 Å². The fourth-order valence-electron chi connectivity index (χ4n) is 1.95. The minimum atomic E-state index is -3.20. The highest BCUT2D eigenvalue weighted by atomic mass is 32.2. The second kappa shape index (κ2) is 7.03. The van der Waals surface area contributed by atoms with Gasteiger partial charge in [0.25, 0.3) is 0 Å².